The fraction of sp³-hybridized carbons (Fsp3) is 0.455. The van der Waals surface area contributed by atoms with E-state index in [1.54, 1.807) is 6.33 Å². The Morgan fingerprint density at radius 3 is 2.82 bits per heavy atom. The largest absolute Gasteiger partial charge is 0.454 e. The van der Waals surface area contributed by atoms with Crippen molar-refractivity contribution in [3.05, 3.63) is 28.4 Å². The molecule has 0 radical (unpaired) electrons. The second kappa shape index (κ2) is 9.49. The van der Waals surface area contributed by atoms with Crippen LogP contribution in [-0.2, 0) is 6.54 Å². The Bertz CT molecular complexity index is 1290. The lowest BCUT2D eigenvalue weighted by Gasteiger charge is -2.20. The number of carbonyl (C=O) groups excluding carboxylic acids is 1. The molecule has 4 N–H and O–H groups in total. The first kappa shape index (κ1) is 23.0. The zero-order chi connectivity index (χ0) is 23.8. The van der Waals surface area contributed by atoms with Gasteiger partial charge in [0.25, 0.3) is 0 Å². The summed E-state index contributed by atoms with van der Waals surface area (Å²) in [6.45, 7) is 4.74. The van der Waals surface area contributed by atoms with E-state index < -0.39 is 0 Å². The Morgan fingerprint density at radius 1 is 1.32 bits per heavy atom. The van der Waals surface area contributed by atoms with Gasteiger partial charge < -0.3 is 29.7 Å². The maximum absolute atomic E-state index is 12.2. The van der Waals surface area contributed by atoms with E-state index in [0.29, 0.717) is 40.3 Å². The van der Waals surface area contributed by atoms with Gasteiger partial charge in [-0.25, -0.2) is 14.8 Å². The van der Waals surface area contributed by atoms with E-state index in [9.17, 15) is 4.79 Å². The molecule has 2 aliphatic rings. The number of fused-ring (bicyclic) bond motifs is 2. The van der Waals surface area contributed by atoms with Crippen molar-refractivity contribution < 1.29 is 14.3 Å². The second-order valence-corrected chi connectivity index (χ2v) is 10.7. The maximum Gasteiger partial charge on any atom is 0.315 e. The van der Waals surface area contributed by atoms with E-state index in [2.05, 4.69) is 36.5 Å². The molecule has 2 aromatic heterocycles. The van der Waals surface area contributed by atoms with E-state index in [1.165, 1.54) is 11.8 Å². The van der Waals surface area contributed by atoms with Crippen molar-refractivity contribution in [2.75, 3.05) is 6.79 Å². The molecule has 1 saturated carbocycles. The molecule has 2 amide bonds. The number of aromatic amines is 1. The molecule has 1 fully saturated rings. The highest BCUT2D eigenvalue weighted by molar-refractivity contribution is 9.10. The topological polar surface area (TPSA) is 130 Å². The van der Waals surface area contributed by atoms with Crippen molar-refractivity contribution in [1.82, 2.24) is 30.2 Å². The number of hydrogen-bond acceptors (Lipinski definition) is 7. The Hall–Kier alpha value is -2.73. The third kappa shape index (κ3) is 5.02. The van der Waals surface area contributed by atoms with Gasteiger partial charge in [0.2, 0.25) is 6.79 Å². The summed E-state index contributed by atoms with van der Waals surface area (Å²) in [4.78, 5) is 25.4. The Balaban J connectivity index is 1.34. The zero-order valence-electron chi connectivity index (χ0n) is 18.9. The third-order valence-corrected chi connectivity index (χ3v) is 7.60. The van der Waals surface area contributed by atoms with Crippen molar-refractivity contribution in [3.63, 3.8) is 0 Å². The van der Waals surface area contributed by atoms with Crippen molar-refractivity contribution >= 4 is 44.9 Å². The number of rotatable bonds is 8. The molecular weight excluding hydrogens is 522 g/mol. The number of nitrogens with one attached hydrogen (secondary N) is 4. The van der Waals surface area contributed by atoms with Gasteiger partial charge in [0.1, 0.15) is 5.52 Å². The van der Waals surface area contributed by atoms with Gasteiger partial charge >= 0.3 is 6.03 Å². The van der Waals surface area contributed by atoms with E-state index >= 15 is 0 Å². The monoisotopic (exact) mass is 547 g/mol. The van der Waals surface area contributed by atoms with Crippen LogP contribution in [0, 0.1) is 11.3 Å². The van der Waals surface area contributed by atoms with Crippen LogP contribution in [-0.4, -0.2) is 44.4 Å². The number of benzene rings is 1. The Kier molecular flexibility index (Phi) is 6.43. The summed E-state index contributed by atoms with van der Waals surface area (Å²) in [6.07, 6.45) is 4.67. The first-order chi connectivity index (χ1) is 16.4. The van der Waals surface area contributed by atoms with E-state index in [0.717, 1.165) is 28.6 Å². The number of halogens is 1. The van der Waals surface area contributed by atoms with Gasteiger partial charge in [-0.2, -0.15) is 0 Å². The van der Waals surface area contributed by atoms with Crippen LogP contribution >= 0.6 is 27.7 Å². The molecule has 3 heterocycles. The van der Waals surface area contributed by atoms with Crippen LogP contribution in [0.5, 0.6) is 11.5 Å². The molecule has 12 heteroatoms. The van der Waals surface area contributed by atoms with Crippen LogP contribution in [0.3, 0.4) is 0 Å². The standard InChI is InChI=1S/C22H26BrN7O3S/c1-11(2)26-21(31)27-14(12-3-4-12)5-6-30-9-25-19(24)18-20(30)29-22(28-18)34-17-8-16-15(7-13(17)23)32-10-33-16/h7-9,11-12,14,24H,3-6,10H2,1-2H3,(H,28,29)(H2,26,27,31). The molecule has 0 spiro atoms. The minimum absolute atomic E-state index is 0.0902. The highest BCUT2D eigenvalue weighted by atomic mass is 79.9. The smallest absolute Gasteiger partial charge is 0.315 e. The molecule has 1 unspecified atom stereocenters. The van der Waals surface area contributed by atoms with Gasteiger partial charge in [-0.3, -0.25) is 5.41 Å². The summed E-state index contributed by atoms with van der Waals surface area (Å²) < 4.78 is 13.7. The third-order valence-electron chi connectivity index (χ3n) is 5.74. The molecule has 5 rings (SSSR count). The summed E-state index contributed by atoms with van der Waals surface area (Å²) >= 11 is 5.02. The van der Waals surface area contributed by atoms with Gasteiger partial charge in [0.05, 0.1) is 6.33 Å². The van der Waals surface area contributed by atoms with Gasteiger partial charge in [-0.1, -0.05) is 11.8 Å². The van der Waals surface area contributed by atoms with Crippen LogP contribution in [0.1, 0.15) is 33.1 Å². The molecule has 1 atom stereocenters. The number of nitrogens with zero attached hydrogens (tertiary/aromatic N) is 3. The van der Waals surface area contributed by atoms with Crippen LogP contribution in [0.2, 0.25) is 0 Å². The van der Waals surface area contributed by atoms with Crippen LogP contribution in [0.4, 0.5) is 4.79 Å². The lowest BCUT2D eigenvalue weighted by atomic mass is 10.1. The van der Waals surface area contributed by atoms with Gasteiger partial charge in [-0.05, 0) is 67.1 Å². The van der Waals surface area contributed by atoms with Crippen LogP contribution < -0.4 is 25.6 Å². The molecule has 180 valence electrons. The molecule has 1 aliphatic heterocycles. The van der Waals surface area contributed by atoms with E-state index in [-0.39, 0.29) is 30.4 Å². The number of imidazole rings is 1. The number of urea groups is 1. The van der Waals surface area contributed by atoms with Crippen LogP contribution in [0.15, 0.2) is 33.0 Å². The first-order valence-electron chi connectivity index (χ1n) is 11.2. The number of H-pyrrole nitrogens is 1. The van der Waals surface area contributed by atoms with E-state index in [4.69, 9.17) is 19.9 Å². The van der Waals surface area contributed by atoms with Gasteiger partial charge in [0, 0.05) is 28.0 Å². The van der Waals surface area contributed by atoms with Crippen LogP contribution in [0.25, 0.3) is 11.2 Å². The lowest BCUT2D eigenvalue weighted by Crippen LogP contribution is -2.45. The van der Waals surface area contributed by atoms with Crippen molar-refractivity contribution in [2.24, 2.45) is 5.92 Å². The lowest BCUT2D eigenvalue weighted by molar-refractivity contribution is 0.174. The highest BCUT2D eigenvalue weighted by Crippen LogP contribution is 2.42. The summed E-state index contributed by atoms with van der Waals surface area (Å²) in [5, 5.41) is 14.9. The number of aromatic nitrogens is 4. The summed E-state index contributed by atoms with van der Waals surface area (Å²) in [6, 6.07) is 3.84. The first-order valence-corrected chi connectivity index (χ1v) is 12.8. The van der Waals surface area contributed by atoms with Gasteiger partial charge in [-0.15, -0.1) is 0 Å². The van der Waals surface area contributed by atoms with E-state index in [1.807, 2.05) is 30.5 Å². The van der Waals surface area contributed by atoms with Crippen molar-refractivity contribution in [2.45, 2.75) is 61.8 Å². The maximum atomic E-state index is 12.2. The Labute approximate surface area is 208 Å². The zero-order valence-corrected chi connectivity index (χ0v) is 21.3. The molecule has 1 aromatic carbocycles. The summed E-state index contributed by atoms with van der Waals surface area (Å²) in [7, 11) is 0. The number of carbonyl (C=O) groups is 1. The van der Waals surface area contributed by atoms with Gasteiger partial charge in [0.15, 0.2) is 27.8 Å². The molecule has 1 aliphatic carbocycles. The minimum Gasteiger partial charge on any atom is -0.454 e. The van der Waals surface area contributed by atoms with Crippen molar-refractivity contribution in [3.8, 4) is 11.5 Å². The SMILES string of the molecule is CC(C)NC(=O)NC(CCn1cnc(=N)c2[nH]c(Sc3cc4c(cc3Br)OCO4)nc21)C1CC1. The summed E-state index contributed by atoms with van der Waals surface area (Å²) in [5.74, 6) is 1.91. The fourth-order valence-electron chi connectivity index (χ4n) is 3.93. The molecule has 34 heavy (non-hydrogen) atoms. The number of amides is 2. The average Bonchev–Trinajstić information content (AvgIpc) is 3.38. The molecular formula is C22H26BrN7O3S. The number of aryl methyl sites for hydroxylation is 1. The predicted octanol–water partition coefficient (Wildman–Crippen LogP) is 3.76. The quantitative estimate of drug-likeness (QED) is 0.339. The minimum atomic E-state index is -0.130. The normalized spacial score (nSPS) is 15.6. The highest BCUT2D eigenvalue weighted by Gasteiger charge is 2.32. The average molecular weight is 548 g/mol. The molecule has 3 aromatic rings. The summed E-state index contributed by atoms with van der Waals surface area (Å²) in [5.41, 5.74) is 1.39. The predicted molar refractivity (Wildman–Crippen MR) is 130 cm³/mol. The second-order valence-electron chi connectivity index (χ2n) is 8.77. The molecule has 0 bridgehead atoms. The Morgan fingerprint density at radius 2 is 2.09 bits per heavy atom. The van der Waals surface area contributed by atoms with Crippen molar-refractivity contribution in [1.29, 1.82) is 5.41 Å². The number of hydrogen-bond donors (Lipinski definition) is 4. The molecule has 10 nitrogen and oxygen atoms in total. The fourth-order valence-corrected chi connectivity index (χ4v) is 5.31. The molecule has 0 saturated heterocycles. The number of ether oxygens (including phenoxy) is 2.